The molecule has 0 bridgehead atoms. The van der Waals surface area contributed by atoms with Crippen molar-refractivity contribution in [1.29, 1.82) is 0 Å². The van der Waals surface area contributed by atoms with Gasteiger partial charge in [-0.1, -0.05) is 12.1 Å². The molecular formula is C14H21N3O2. The molecule has 1 atom stereocenters. The van der Waals surface area contributed by atoms with Gasteiger partial charge in [-0.2, -0.15) is 0 Å². The lowest BCUT2D eigenvalue weighted by atomic mass is 9.98. The average Bonchev–Trinajstić information content (AvgIpc) is 2.38. The third-order valence-corrected chi connectivity index (χ3v) is 3.74. The SMILES string of the molecule is CN1CCCC(CN(C)c2ccccc2[N+](=O)[O-])C1. The summed E-state index contributed by atoms with van der Waals surface area (Å²) in [6.45, 7) is 3.10. The summed E-state index contributed by atoms with van der Waals surface area (Å²) in [6, 6.07) is 6.96. The molecule has 0 aliphatic carbocycles. The molecule has 2 rings (SSSR count). The fourth-order valence-electron chi connectivity index (χ4n) is 2.85. The number of para-hydroxylation sites is 2. The maximum atomic E-state index is 11.0. The number of hydrogen-bond acceptors (Lipinski definition) is 4. The molecule has 1 fully saturated rings. The van der Waals surface area contributed by atoms with E-state index in [1.165, 1.54) is 12.8 Å². The monoisotopic (exact) mass is 263 g/mol. The maximum absolute atomic E-state index is 11.0. The number of piperidine rings is 1. The zero-order valence-corrected chi connectivity index (χ0v) is 11.6. The fourth-order valence-corrected chi connectivity index (χ4v) is 2.85. The summed E-state index contributed by atoms with van der Waals surface area (Å²) in [5.74, 6) is 0.587. The minimum atomic E-state index is -0.307. The number of anilines is 1. The summed E-state index contributed by atoms with van der Waals surface area (Å²) < 4.78 is 0. The molecule has 0 N–H and O–H groups in total. The van der Waals surface area contributed by atoms with Gasteiger partial charge in [0.1, 0.15) is 5.69 Å². The van der Waals surface area contributed by atoms with Crippen LogP contribution in [0.4, 0.5) is 11.4 Å². The molecule has 1 aliphatic heterocycles. The standard InChI is InChI=1S/C14H21N3O2/c1-15-9-5-6-12(10-15)11-16(2)13-7-3-4-8-14(13)17(18)19/h3-4,7-8,12H,5-6,9-11H2,1-2H3. The van der Waals surface area contributed by atoms with Gasteiger partial charge in [-0.05, 0) is 38.4 Å². The molecule has 0 amide bonds. The smallest absolute Gasteiger partial charge is 0.292 e. The van der Waals surface area contributed by atoms with E-state index in [2.05, 4.69) is 11.9 Å². The van der Waals surface area contributed by atoms with Crippen LogP contribution < -0.4 is 4.90 Å². The summed E-state index contributed by atoms with van der Waals surface area (Å²) in [4.78, 5) is 15.1. The Bertz CT molecular complexity index is 450. The van der Waals surface area contributed by atoms with Crippen LogP contribution in [0.2, 0.25) is 0 Å². The number of nitro benzene ring substituents is 1. The van der Waals surface area contributed by atoms with Gasteiger partial charge in [0.05, 0.1) is 4.92 Å². The Morgan fingerprint density at radius 3 is 2.89 bits per heavy atom. The molecule has 0 aromatic heterocycles. The molecule has 5 nitrogen and oxygen atoms in total. The van der Waals surface area contributed by atoms with E-state index in [1.54, 1.807) is 12.1 Å². The van der Waals surface area contributed by atoms with Crippen LogP contribution in [0.15, 0.2) is 24.3 Å². The van der Waals surface area contributed by atoms with Gasteiger partial charge < -0.3 is 9.80 Å². The Labute approximate surface area is 114 Å². The van der Waals surface area contributed by atoms with Crippen LogP contribution in [0.3, 0.4) is 0 Å². The second kappa shape index (κ2) is 6.02. The third-order valence-electron chi connectivity index (χ3n) is 3.74. The molecule has 5 heteroatoms. The van der Waals surface area contributed by atoms with Crippen LogP contribution in [-0.4, -0.2) is 43.6 Å². The van der Waals surface area contributed by atoms with Crippen molar-refractivity contribution in [2.24, 2.45) is 5.92 Å². The molecule has 19 heavy (non-hydrogen) atoms. The van der Waals surface area contributed by atoms with E-state index in [0.29, 0.717) is 11.6 Å². The second-order valence-corrected chi connectivity index (χ2v) is 5.40. The number of rotatable bonds is 4. The van der Waals surface area contributed by atoms with Gasteiger partial charge in [0, 0.05) is 26.2 Å². The van der Waals surface area contributed by atoms with Gasteiger partial charge in [-0.25, -0.2) is 0 Å². The van der Waals surface area contributed by atoms with Crippen molar-refractivity contribution in [3.05, 3.63) is 34.4 Å². The maximum Gasteiger partial charge on any atom is 0.292 e. The lowest BCUT2D eigenvalue weighted by Gasteiger charge is -2.33. The lowest BCUT2D eigenvalue weighted by molar-refractivity contribution is -0.384. The molecule has 0 spiro atoms. The van der Waals surface area contributed by atoms with Crippen LogP contribution in [0.5, 0.6) is 0 Å². The van der Waals surface area contributed by atoms with E-state index in [0.717, 1.165) is 19.6 Å². The van der Waals surface area contributed by atoms with Crippen LogP contribution >= 0.6 is 0 Å². The first kappa shape index (κ1) is 13.8. The van der Waals surface area contributed by atoms with Gasteiger partial charge in [0.15, 0.2) is 0 Å². The lowest BCUT2D eigenvalue weighted by Crippen LogP contribution is -2.38. The second-order valence-electron chi connectivity index (χ2n) is 5.40. The van der Waals surface area contributed by atoms with E-state index in [4.69, 9.17) is 0 Å². The number of nitro groups is 1. The Balaban J connectivity index is 2.07. The van der Waals surface area contributed by atoms with Gasteiger partial charge >= 0.3 is 0 Å². The van der Waals surface area contributed by atoms with Crippen molar-refractivity contribution in [3.8, 4) is 0 Å². The van der Waals surface area contributed by atoms with E-state index in [-0.39, 0.29) is 10.6 Å². The van der Waals surface area contributed by atoms with Crippen molar-refractivity contribution < 1.29 is 4.92 Å². The molecule has 1 aromatic rings. The first-order valence-electron chi connectivity index (χ1n) is 6.71. The average molecular weight is 263 g/mol. The van der Waals surface area contributed by atoms with Crippen LogP contribution in [-0.2, 0) is 0 Å². The molecule has 104 valence electrons. The quantitative estimate of drug-likeness (QED) is 0.618. The first-order chi connectivity index (χ1) is 9.08. The summed E-state index contributed by atoms with van der Waals surface area (Å²) in [7, 11) is 4.08. The Morgan fingerprint density at radius 2 is 2.21 bits per heavy atom. The number of nitrogens with zero attached hydrogens (tertiary/aromatic N) is 3. The Morgan fingerprint density at radius 1 is 1.47 bits per heavy atom. The summed E-state index contributed by atoms with van der Waals surface area (Å²) in [5, 5.41) is 11.0. The van der Waals surface area contributed by atoms with Crippen molar-refractivity contribution in [2.45, 2.75) is 12.8 Å². The fraction of sp³-hybridized carbons (Fsp3) is 0.571. The predicted molar refractivity (Wildman–Crippen MR) is 76.6 cm³/mol. The largest absolute Gasteiger partial charge is 0.369 e. The van der Waals surface area contributed by atoms with E-state index >= 15 is 0 Å². The topological polar surface area (TPSA) is 49.6 Å². The first-order valence-corrected chi connectivity index (χ1v) is 6.71. The Hall–Kier alpha value is -1.62. The Kier molecular flexibility index (Phi) is 4.37. The van der Waals surface area contributed by atoms with Gasteiger partial charge in [-0.3, -0.25) is 10.1 Å². The predicted octanol–water partition coefficient (Wildman–Crippen LogP) is 2.37. The van der Waals surface area contributed by atoms with E-state index in [9.17, 15) is 10.1 Å². The van der Waals surface area contributed by atoms with E-state index in [1.807, 2.05) is 24.1 Å². The van der Waals surface area contributed by atoms with Gasteiger partial charge in [0.25, 0.3) is 5.69 Å². The summed E-state index contributed by atoms with van der Waals surface area (Å²) in [5.41, 5.74) is 0.898. The zero-order chi connectivity index (χ0) is 13.8. The van der Waals surface area contributed by atoms with Gasteiger partial charge in [-0.15, -0.1) is 0 Å². The molecule has 0 radical (unpaired) electrons. The number of hydrogen-bond donors (Lipinski definition) is 0. The molecule has 0 saturated carbocycles. The van der Waals surface area contributed by atoms with Crippen molar-refractivity contribution >= 4 is 11.4 Å². The molecule has 1 unspecified atom stereocenters. The minimum Gasteiger partial charge on any atom is -0.369 e. The summed E-state index contributed by atoms with van der Waals surface area (Å²) in [6.07, 6.45) is 2.42. The van der Waals surface area contributed by atoms with Crippen molar-refractivity contribution in [1.82, 2.24) is 4.90 Å². The van der Waals surface area contributed by atoms with Crippen LogP contribution in [0.1, 0.15) is 12.8 Å². The minimum absolute atomic E-state index is 0.189. The van der Waals surface area contributed by atoms with Crippen molar-refractivity contribution in [3.63, 3.8) is 0 Å². The zero-order valence-electron chi connectivity index (χ0n) is 11.6. The van der Waals surface area contributed by atoms with Crippen LogP contribution in [0.25, 0.3) is 0 Å². The number of benzene rings is 1. The highest BCUT2D eigenvalue weighted by Crippen LogP contribution is 2.28. The molecule has 1 aromatic carbocycles. The number of likely N-dealkylation sites (tertiary alicyclic amines) is 1. The molecule has 1 saturated heterocycles. The third kappa shape index (κ3) is 3.44. The summed E-state index contributed by atoms with van der Waals surface area (Å²) >= 11 is 0. The normalized spacial score (nSPS) is 20.2. The van der Waals surface area contributed by atoms with E-state index < -0.39 is 0 Å². The molecular weight excluding hydrogens is 242 g/mol. The highest BCUT2D eigenvalue weighted by molar-refractivity contribution is 5.62. The van der Waals surface area contributed by atoms with Crippen LogP contribution in [0, 0.1) is 16.0 Å². The van der Waals surface area contributed by atoms with Crippen molar-refractivity contribution in [2.75, 3.05) is 38.6 Å². The molecule has 1 aliphatic rings. The molecule has 1 heterocycles. The highest BCUT2D eigenvalue weighted by atomic mass is 16.6. The highest BCUT2D eigenvalue weighted by Gasteiger charge is 2.22. The van der Waals surface area contributed by atoms with Gasteiger partial charge in [0.2, 0.25) is 0 Å².